The molecule has 1 heterocycles. The lowest BCUT2D eigenvalue weighted by molar-refractivity contribution is 0.395. The van der Waals surface area contributed by atoms with Crippen LogP contribution in [0.25, 0.3) is 0 Å². The minimum absolute atomic E-state index is 0.615. The van der Waals surface area contributed by atoms with Crippen LogP contribution < -0.4 is 4.90 Å². The Morgan fingerprint density at radius 2 is 2.00 bits per heavy atom. The van der Waals surface area contributed by atoms with E-state index in [9.17, 15) is 0 Å². The summed E-state index contributed by atoms with van der Waals surface area (Å²) >= 11 is 5.89. The molecule has 1 saturated heterocycles. The number of anilines is 1. The van der Waals surface area contributed by atoms with E-state index in [1.165, 1.54) is 49.2 Å². The van der Waals surface area contributed by atoms with Crippen LogP contribution in [0.5, 0.6) is 0 Å². The van der Waals surface area contributed by atoms with E-state index >= 15 is 0 Å². The van der Waals surface area contributed by atoms with Crippen LogP contribution in [0.2, 0.25) is 0 Å². The summed E-state index contributed by atoms with van der Waals surface area (Å²) in [5.41, 5.74) is 3.93. The first-order valence-electron chi connectivity index (χ1n) is 6.65. The Labute approximate surface area is 110 Å². The highest BCUT2D eigenvalue weighted by Crippen LogP contribution is 2.26. The van der Waals surface area contributed by atoms with Crippen molar-refractivity contribution in [2.45, 2.75) is 39.0 Å². The van der Waals surface area contributed by atoms with Crippen molar-refractivity contribution in [3.8, 4) is 0 Å². The van der Waals surface area contributed by atoms with Gasteiger partial charge in [-0.05, 0) is 48.9 Å². The van der Waals surface area contributed by atoms with Crippen molar-refractivity contribution in [2.75, 3.05) is 18.0 Å². The van der Waals surface area contributed by atoms with Gasteiger partial charge in [0.25, 0.3) is 0 Å². The zero-order chi connectivity index (χ0) is 12.3. The molecule has 0 aromatic heterocycles. The van der Waals surface area contributed by atoms with Crippen LogP contribution in [-0.4, -0.2) is 13.1 Å². The van der Waals surface area contributed by atoms with Gasteiger partial charge in [-0.1, -0.05) is 19.4 Å². The summed E-state index contributed by atoms with van der Waals surface area (Å²) in [5.74, 6) is 1.55. The summed E-state index contributed by atoms with van der Waals surface area (Å²) < 4.78 is 0. The van der Waals surface area contributed by atoms with Crippen molar-refractivity contribution >= 4 is 17.3 Å². The maximum Gasteiger partial charge on any atom is 0.0476 e. The molecule has 0 radical (unpaired) electrons. The zero-order valence-electron chi connectivity index (χ0n) is 10.9. The van der Waals surface area contributed by atoms with E-state index in [1.807, 2.05) is 0 Å². The molecule has 94 valence electrons. The van der Waals surface area contributed by atoms with E-state index in [4.69, 9.17) is 11.6 Å². The Hall–Kier alpha value is -0.690. The fraction of sp³-hybridized carbons (Fsp3) is 0.600. The monoisotopic (exact) mass is 251 g/mol. The van der Waals surface area contributed by atoms with Gasteiger partial charge >= 0.3 is 0 Å². The highest BCUT2D eigenvalue weighted by Gasteiger charge is 2.18. The molecule has 0 spiro atoms. The summed E-state index contributed by atoms with van der Waals surface area (Å²) in [5, 5.41) is 0. The number of halogens is 1. The van der Waals surface area contributed by atoms with Gasteiger partial charge in [0.15, 0.2) is 0 Å². The molecule has 1 nitrogen and oxygen atoms in total. The topological polar surface area (TPSA) is 3.24 Å². The molecule has 0 N–H and O–H groups in total. The van der Waals surface area contributed by atoms with Crippen LogP contribution >= 0.6 is 11.6 Å². The van der Waals surface area contributed by atoms with Crippen LogP contribution in [0, 0.1) is 12.8 Å². The van der Waals surface area contributed by atoms with Gasteiger partial charge in [0, 0.05) is 24.7 Å². The standard InChI is InChI=1S/C15H22ClN/c1-3-13-6-8-17(9-7-13)15-5-4-14(11-16)12(2)10-15/h4-5,10,13H,3,6-9,11H2,1-2H3. The summed E-state index contributed by atoms with van der Waals surface area (Å²) in [6.07, 6.45) is 4.01. The van der Waals surface area contributed by atoms with Gasteiger partial charge < -0.3 is 4.90 Å². The van der Waals surface area contributed by atoms with Crippen LogP contribution in [0.1, 0.15) is 37.3 Å². The van der Waals surface area contributed by atoms with Crippen LogP contribution in [0.4, 0.5) is 5.69 Å². The van der Waals surface area contributed by atoms with Crippen molar-refractivity contribution in [2.24, 2.45) is 5.92 Å². The van der Waals surface area contributed by atoms with Crippen molar-refractivity contribution < 1.29 is 0 Å². The lowest BCUT2D eigenvalue weighted by atomic mass is 9.94. The first kappa shape index (κ1) is 12.8. The minimum Gasteiger partial charge on any atom is -0.372 e. The van der Waals surface area contributed by atoms with E-state index < -0.39 is 0 Å². The number of hydrogen-bond acceptors (Lipinski definition) is 1. The number of aryl methyl sites for hydroxylation is 1. The highest BCUT2D eigenvalue weighted by atomic mass is 35.5. The molecular formula is C15H22ClN. The number of benzene rings is 1. The molecular weight excluding hydrogens is 230 g/mol. The first-order chi connectivity index (χ1) is 8.24. The van der Waals surface area contributed by atoms with Crippen molar-refractivity contribution in [3.63, 3.8) is 0 Å². The Morgan fingerprint density at radius 3 is 2.53 bits per heavy atom. The molecule has 0 saturated carbocycles. The zero-order valence-corrected chi connectivity index (χ0v) is 11.6. The minimum atomic E-state index is 0.615. The van der Waals surface area contributed by atoms with Crippen LogP contribution in [0.15, 0.2) is 18.2 Å². The Kier molecular flexibility index (Phi) is 4.33. The molecule has 17 heavy (non-hydrogen) atoms. The van der Waals surface area contributed by atoms with Crippen molar-refractivity contribution in [1.29, 1.82) is 0 Å². The Morgan fingerprint density at radius 1 is 1.29 bits per heavy atom. The van der Waals surface area contributed by atoms with Gasteiger partial charge in [0.2, 0.25) is 0 Å². The first-order valence-corrected chi connectivity index (χ1v) is 7.18. The molecule has 0 amide bonds. The fourth-order valence-electron chi connectivity index (χ4n) is 2.63. The molecule has 1 aromatic carbocycles. The number of alkyl halides is 1. The van der Waals surface area contributed by atoms with Gasteiger partial charge in [-0.25, -0.2) is 0 Å². The predicted octanol–water partition coefficient (Wildman–Crippen LogP) is 4.36. The molecule has 1 aliphatic heterocycles. The molecule has 1 aliphatic rings. The average molecular weight is 252 g/mol. The van der Waals surface area contributed by atoms with Crippen LogP contribution in [0.3, 0.4) is 0 Å². The molecule has 2 heteroatoms. The van der Waals surface area contributed by atoms with Crippen LogP contribution in [-0.2, 0) is 5.88 Å². The van der Waals surface area contributed by atoms with Gasteiger partial charge in [0.05, 0.1) is 0 Å². The molecule has 1 fully saturated rings. The summed E-state index contributed by atoms with van der Waals surface area (Å²) in [6.45, 7) is 6.87. The highest BCUT2D eigenvalue weighted by molar-refractivity contribution is 6.17. The SMILES string of the molecule is CCC1CCN(c2ccc(CCl)c(C)c2)CC1. The van der Waals surface area contributed by atoms with Gasteiger partial charge in [-0.2, -0.15) is 0 Å². The number of hydrogen-bond donors (Lipinski definition) is 0. The third kappa shape index (κ3) is 2.95. The third-order valence-corrected chi connectivity index (χ3v) is 4.32. The number of rotatable bonds is 3. The Bertz CT molecular complexity index is 367. The molecule has 0 atom stereocenters. The second kappa shape index (κ2) is 5.77. The lowest BCUT2D eigenvalue weighted by Crippen LogP contribution is -2.33. The van der Waals surface area contributed by atoms with Crippen molar-refractivity contribution in [1.82, 2.24) is 0 Å². The normalized spacial score (nSPS) is 17.5. The second-order valence-electron chi connectivity index (χ2n) is 5.08. The molecule has 0 aliphatic carbocycles. The van der Waals surface area contributed by atoms with Gasteiger partial charge in [-0.3, -0.25) is 0 Å². The van der Waals surface area contributed by atoms with E-state index in [0.717, 1.165) is 5.92 Å². The van der Waals surface area contributed by atoms with Crippen molar-refractivity contribution in [3.05, 3.63) is 29.3 Å². The van der Waals surface area contributed by atoms with E-state index in [1.54, 1.807) is 0 Å². The second-order valence-corrected chi connectivity index (χ2v) is 5.35. The number of nitrogens with zero attached hydrogens (tertiary/aromatic N) is 1. The summed E-state index contributed by atoms with van der Waals surface area (Å²) in [7, 11) is 0. The van der Waals surface area contributed by atoms with E-state index in [2.05, 4.69) is 36.9 Å². The summed E-state index contributed by atoms with van der Waals surface area (Å²) in [4.78, 5) is 2.51. The third-order valence-electron chi connectivity index (χ3n) is 4.03. The molecule has 2 rings (SSSR count). The quantitative estimate of drug-likeness (QED) is 0.722. The number of piperidine rings is 1. The molecule has 1 aromatic rings. The smallest absolute Gasteiger partial charge is 0.0476 e. The predicted molar refractivity (Wildman–Crippen MR) is 76.0 cm³/mol. The largest absolute Gasteiger partial charge is 0.372 e. The van der Waals surface area contributed by atoms with E-state index in [0.29, 0.717) is 5.88 Å². The van der Waals surface area contributed by atoms with Gasteiger partial charge in [0.1, 0.15) is 0 Å². The van der Waals surface area contributed by atoms with Gasteiger partial charge in [-0.15, -0.1) is 11.6 Å². The maximum atomic E-state index is 5.89. The Balaban J connectivity index is 2.06. The lowest BCUT2D eigenvalue weighted by Gasteiger charge is -2.33. The summed E-state index contributed by atoms with van der Waals surface area (Å²) in [6, 6.07) is 6.67. The molecule has 0 bridgehead atoms. The van der Waals surface area contributed by atoms with E-state index in [-0.39, 0.29) is 0 Å². The fourth-order valence-corrected chi connectivity index (χ4v) is 2.93. The molecule has 0 unspecified atom stereocenters. The average Bonchev–Trinajstić information content (AvgIpc) is 2.39. The maximum absolute atomic E-state index is 5.89.